The lowest BCUT2D eigenvalue weighted by molar-refractivity contribution is -0.128. The topological polar surface area (TPSA) is 94.2 Å². The lowest BCUT2D eigenvalue weighted by Crippen LogP contribution is -2.39. The normalized spacial score (nSPS) is 15.5. The number of sulfonamides is 1. The summed E-state index contributed by atoms with van der Waals surface area (Å²) in [5, 5.41) is 2.81. The zero-order valence-electron chi connectivity index (χ0n) is 19.2. The Kier molecular flexibility index (Phi) is 8.96. The number of nitrogens with zero attached hydrogens (tertiary/aromatic N) is 1. The van der Waals surface area contributed by atoms with Crippen molar-refractivity contribution in [1.82, 2.24) is 9.62 Å². The number of rotatable bonds is 11. The van der Waals surface area contributed by atoms with Gasteiger partial charge in [-0.15, -0.1) is 0 Å². The van der Waals surface area contributed by atoms with Gasteiger partial charge in [0.1, 0.15) is 23.9 Å². The van der Waals surface area contributed by atoms with Gasteiger partial charge in [-0.05, 0) is 55.7 Å². The molecular weight excluding hydrogens is 444 g/mol. The fourth-order valence-electron chi connectivity index (χ4n) is 3.58. The van der Waals surface area contributed by atoms with Crippen LogP contribution < -0.4 is 19.5 Å². The second kappa shape index (κ2) is 11.9. The quantitative estimate of drug-likeness (QED) is 0.501. The van der Waals surface area contributed by atoms with E-state index in [-0.39, 0.29) is 17.4 Å². The molecule has 2 aromatic carbocycles. The SMILES string of the molecule is CCC(Oc1cccc(OC)c1)C(=O)NCCOc1ccc(S(=O)(=O)N2CCCCC2)cc1. The molecule has 8 nitrogen and oxygen atoms in total. The van der Waals surface area contributed by atoms with Crippen LogP contribution in [0, 0.1) is 0 Å². The first-order valence-electron chi connectivity index (χ1n) is 11.3. The number of ether oxygens (including phenoxy) is 3. The van der Waals surface area contributed by atoms with Gasteiger partial charge in [-0.25, -0.2) is 8.42 Å². The van der Waals surface area contributed by atoms with Gasteiger partial charge in [0.05, 0.1) is 18.6 Å². The molecule has 0 saturated carbocycles. The van der Waals surface area contributed by atoms with Crippen LogP contribution in [0.4, 0.5) is 0 Å². The van der Waals surface area contributed by atoms with Crippen molar-refractivity contribution in [3.8, 4) is 17.2 Å². The maximum absolute atomic E-state index is 12.7. The summed E-state index contributed by atoms with van der Waals surface area (Å²) in [7, 11) is -1.89. The summed E-state index contributed by atoms with van der Waals surface area (Å²) in [6, 6.07) is 13.5. The molecule has 9 heteroatoms. The summed E-state index contributed by atoms with van der Waals surface area (Å²) in [4.78, 5) is 12.7. The first-order chi connectivity index (χ1) is 15.9. The average molecular weight is 477 g/mol. The van der Waals surface area contributed by atoms with E-state index in [0.29, 0.717) is 43.3 Å². The molecule has 2 aromatic rings. The zero-order chi connectivity index (χ0) is 23.7. The summed E-state index contributed by atoms with van der Waals surface area (Å²) in [6.07, 6.45) is 2.75. The van der Waals surface area contributed by atoms with Gasteiger partial charge in [0.15, 0.2) is 6.10 Å². The third-order valence-electron chi connectivity index (χ3n) is 5.43. The Morgan fingerprint density at radius 1 is 1.03 bits per heavy atom. The van der Waals surface area contributed by atoms with Crippen LogP contribution in [0.1, 0.15) is 32.6 Å². The van der Waals surface area contributed by atoms with Gasteiger partial charge in [-0.2, -0.15) is 4.31 Å². The Morgan fingerprint density at radius 2 is 1.73 bits per heavy atom. The number of methoxy groups -OCH3 is 1. The van der Waals surface area contributed by atoms with Gasteiger partial charge in [0.25, 0.3) is 5.91 Å². The number of piperidine rings is 1. The molecule has 1 heterocycles. The molecule has 0 spiro atoms. The Labute approximate surface area is 195 Å². The van der Waals surface area contributed by atoms with Crippen LogP contribution in [0.15, 0.2) is 53.4 Å². The van der Waals surface area contributed by atoms with Gasteiger partial charge >= 0.3 is 0 Å². The third-order valence-corrected chi connectivity index (χ3v) is 7.34. The molecule has 0 bridgehead atoms. The third kappa shape index (κ3) is 6.85. The number of amides is 1. The van der Waals surface area contributed by atoms with Gasteiger partial charge in [-0.1, -0.05) is 19.4 Å². The van der Waals surface area contributed by atoms with E-state index >= 15 is 0 Å². The molecule has 1 atom stereocenters. The van der Waals surface area contributed by atoms with Crippen LogP contribution in [0.25, 0.3) is 0 Å². The van der Waals surface area contributed by atoms with Crippen LogP contribution in [-0.2, 0) is 14.8 Å². The predicted molar refractivity (Wildman–Crippen MR) is 125 cm³/mol. The number of carbonyl (C=O) groups excluding carboxylic acids is 1. The molecule has 0 aromatic heterocycles. The van der Waals surface area contributed by atoms with Crippen molar-refractivity contribution in [2.75, 3.05) is 33.4 Å². The highest BCUT2D eigenvalue weighted by Gasteiger charge is 2.25. The number of hydrogen-bond acceptors (Lipinski definition) is 6. The lowest BCUT2D eigenvalue weighted by Gasteiger charge is -2.25. The molecule has 3 rings (SSSR count). The van der Waals surface area contributed by atoms with E-state index in [1.54, 1.807) is 59.9 Å². The van der Waals surface area contributed by atoms with Gasteiger partial charge < -0.3 is 19.5 Å². The fraction of sp³-hybridized carbons (Fsp3) is 0.458. The Balaban J connectivity index is 1.45. The molecule has 1 N–H and O–H groups in total. The summed E-state index contributed by atoms with van der Waals surface area (Å²) >= 11 is 0. The van der Waals surface area contributed by atoms with Gasteiger partial charge in [0.2, 0.25) is 10.0 Å². The predicted octanol–water partition coefficient (Wildman–Crippen LogP) is 3.22. The molecule has 1 unspecified atom stereocenters. The Hall–Kier alpha value is -2.78. The highest BCUT2D eigenvalue weighted by molar-refractivity contribution is 7.89. The summed E-state index contributed by atoms with van der Waals surface area (Å²) in [6.45, 7) is 3.56. The minimum absolute atomic E-state index is 0.230. The molecule has 1 aliphatic heterocycles. The molecule has 180 valence electrons. The maximum Gasteiger partial charge on any atom is 0.261 e. The van der Waals surface area contributed by atoms with Crippen LogP contribution >= 0.6 is 0 Å². The van der Waals surface area contributed by atoms with E-state index in [4.69, 9.17) is 14.2 Å². The Bertz CT molecular complexity index is 1000. The molecule has 1 saturated heterocycles. The second-order valence-electron chi connectivity index (χ2n) is 7.77. The Morgan fingerprint density at radius 3 is 2.39 bits per heavy atom. The summed E-state index contributed by atoms with van der Waals surface area (Å²) in [5.74, 6) is 1.53. The van der Waals surface area contributed by atoms with E-state index in [9.17, 15) is 13.2 Å². The number of benzene rings is 2. The van der Waals surface area contributed by atoms with Crippen LogP contribution in [0.5, 0.6) is 17.2 Å². The zero-order valence-corrected chi connectivity index (χ0v) is 20.0. The monoisotopic (exact) mass is 476 g/mol. The number of hydrogen-bond donors (Lipinski definition) is 1. The van der Waals surface area contributed by atoms with Crippen molar-refractivity contribution in [3.63, 3.8) is 0 Å². The largest absolute Gasteiger partial charge is 0.497 e. The van der Waals surface area contributed by atoms with Crippen molar-refractivity contribution in [3.05, 3.63) is 48.5 Å². The second-order valence-corrected chi connectivity index (χ2v) is 9.71. The van der Waals surface area contributed by atoms with Gasteiger partial charge in [-0.3, -0.25) is 4.79 Å². The van der Waals surface area contributed by atoms with Gasteiger partial charge in [0, 0.05) is 19.2 Å². The van der Waals surface area contributed by atoms with Crippen molar-refractivity contribution in [2.24, 2.45) is 0 Å². The molecule has 0 radical (unpaired) electrons. The molecule has 1 amide bonds. The summed E-state index contributed by atoms with van der Waals surface area (Å²) < 4.78 is 43.6. The van der Waals surface area contributed by atoms with E-state index < -0.39 is 16.1 Å². The van der Waals surface area contributed by atoms with Crippen LogP contribution in [-0.4, -0.2) is 58.1 Å². The standard InChI is InChI=1S/C24H32N2O6S/c1-3-23(32-21-9-7-8-20(18-21)30-2)24(27)25-14-17-31-19-10-12-22(13-11-19)33(28,29)26-15-5-4-6-16-26/h7-13,18,23H,3-6,14-17H2,1-2H3,(H,25,27). The number of carbonyl (C=O) groups is 1. The van der Waals surface area contributed by atoms with Crippen molar-refractivity contribution in [1.29, 1.82) is 0 Å². The maximum atomic E-state index is 12.7. The lowest BCUT2D eigenvalue weighted by atomic mass is 10.2. The van der Waals surface area contributed by atoms with E-state index in [0.717, 1.165) is 19.3 Å². The minimum atomic E-state index is -3.46. The van der Waals surface area contributed by atoms with Crippen molar-refractivity contribution >= 4 is 15.9 Å². The smallest absolute Gasteiger partial charge is 0.261 e. The summed E-state index contributed by atoms with van der Waals surface area (Å²) in [5.41, 5.74) is 0. The highest BCUT2D eigenvalue weighted by atomic mass is 32.2. The molecule has 1 aliphatic rings. The number of nitrogens with one attached hydrogen (secondary N) is 1. The van der Waals surface area contributed by atoms with E-state index in [1.807, 2.05) is 6.92 Å². The van der Waals surface area contributed by atoms with E-state index in [2.05, 4.69) is 5.32 Å². The first kappa shape index (κ1) is 24.9. The average Bonchev–Trinajstić information content (AvgIpc) is 2.86. The van der Waals surface area contributed by atoms with Crippen molar-refractivity contribution < 1.29 is 27.4 Å². The van der Waals surface area contributed by atoms with Crippen molar-refractivity contribution in [2.45, 2.75) is 43.6 Å². The van der Waals surface area contributed by atoms with Crippen LogP contribution in [0.3, 0.4) is 0 Å². The molecular formula is C24H32N2O6S. The first-order valence-corrected chi connectivity index (χ1v) is 12.7. The minimum Gasteiger partial charge on any atom is -0.497 e. The van der Waals surface area contributed by atoms with Crippen LogP contribution in [0.2, 0.25) is 0 Å². The fourth-order valence-corrected chi connectivity index (χ4v) is 5.10. The highest BCUT2D eigenvalue weighted by Crippen LogP contribution is 2.23. The molecule has 33 heavy (non-hydrogen) atoms. The molecule has 1 fully saturated rings. The van der Waals surface area contributed by atoms with E-state index in [1.165, 1.54) is 0 Å². The molecule has 0 aliphatic carbocycles.